The second-order valence-electron chi connectivity index (χ2n) is 8.67. The molecule has 2 N–H and O–H groups in total. The third kappa shape index (κ3) is 5.50. The summed E-state index contributed by atoms with van der Waals surface area (Å²) in [4.78, 5) is 19.1. The summed E-state index contributed by atoms with van der Waals surface area (Å²) in [6.45, 7) is 10.0. The van der Waals surface area contributed by atoms with E-state index < -0.39 is 0 Å². The van der Waals surface area contributed by atoms with Crippen LogP contribution in [0.25, 0.3) is 0 Å². The number of nitrogens with zero attached hydrogens (tertiary/aromatic N) is 2. The first-order chi connectivity index (χ1) is 14.4. The van der Waals surface area contributed by atoms with Gasteiger partial charge < -0.3 is 20.3 Å². The van der Waals surface area contributed by atoms with Gasteiger partial charge in [0.2, 0.25) is 5.91 Å². The van der Waals surface area contributed by atoms with Crippen molar-refractivity contribution in [3.8, 4) is 0 Å². The molecule has 0 radical (unpaired) electrons. The zero-order valence-corrected chi connectivity index (χ0v) is 18.4. The van der Waals surface area contributed by atoms with Gasteiger partial charge in [-0.1, -0.05) is 26.0 Å². The normalized spacial score (nSPS) is 21.7. The van der Waals surface area contributed by atoms with E-state index in [1.54, 1.807) is 12.1 Å². The smallest absolute Gasteiger partial charge is 0.225 e. The van der Waals surface area contributed by atoms with E-state index >= 15 is 0 Å². The molecule has 1 atom stereocenters. The summed E-state index contributed by atoms with van der Waals surface area (Å²) in [6.07, 6.45) is 2.55. The summed E-state index contributed by atoms with van der Waals surface area (Å²) in [6, 6.07) is 7.07. The number of carbonyl (C=O) groups is 1. The fourth-order valence-electron chi connectivity index (χ4n) is 4.31. The van der Waals surface area contributed by atoms with Crippen molar-refractivity contribution in [3.05, 3.63) is 35.6 Å². The molecule has 0 aromatic heterocycles. The molecule has 1 aromatic rings. The van der Waals surface area contributed by atoms with E-state index in [-0.39, 0.29) is 29.1 Å². The van der Waals surface area contributed by atoms with Gasteiger partial charge in [0.15, 0.2) is 5.96 Å². The van der Waals surface area contributed by atoms with Crippen molar-refractivity contribution in [2.24, 2.45) is 10.9 Å². The van der Waals surface area contributed by atoms with Gasteiger partial charge in [0, 0.05) is 50.2 Å². The fourth-order valence-corrected chi connectivity index (χ4v) is 4.31. The lowest BCUT2D eigenvalue weighted by Gasteiger charge is -2.36. The summed E-state index contributed by atoms with van der Waals surface area (Å²) >= 11 is 0. The fraction of sp³-hybridized carbons (Fsp3) is 0.652. The first-order valence-corrected chi connectivity index (χ1v) is 11.1. The number of rotatable bonds is 6. The Balaban J connectivity index is 1.71. The van der Waals surface area contributed by atoms with Crippen molar-refractivity contribution in [2.75, 3.05) is 39.4 Å². The molecular formula is C23H35FN4O2. The monoisotopic (exact) mass is 418 g/mol. The van der Waals surface area contributed by atoms with Gasteiger partial charge in [-0.05, 0) is 43.9 Å². The van der Waals surface area contributed by atoms with Crippen LogP contribution in [0.15, 0.2) is 29.3 Å². The van der Waals surface area contributed by atoms with E-state index in [9.17, 15) is 9.18 Å². The number of ether oxygens (including phenoxy) is 1. The topological polar surface area (TPSA) is 66.0 Å². The number of nitrogens with one attached hydrogen (secondary N) is 2. The van der Waals surface area contributed by atoms with Crippen LogP contribution in [0.4, 0.5) is 4.39 Å². The van der Waals surface area contributed by atoms with Crippen LogP contribution in [-0.4, -0.2) is 62.2 Å². The lowest BCUT2D eigenvalue weighted by Crippen LogP contribution is -2.46. The number of carbonyl (C=O) groups excluding carboxylic acids is 1. The van der Waals surface area contributed by atoms with Crippen LogP contribution in [0.1, 0.15) is 45.6 Å². The van der Waals surface area contributed by atoms with Crippen molar-refractivity contribution in [3.63, 3.8) is 0 Å². The summed E-state index contributed by atoms with van der Waals surface area (Å²) < 4.78 is 19.5. The maximum absolute atomic E-state index is 13.9. The average molecular weight is 419 g/mol. The second-order valence-corrected chi connectivity index (χ2v) is 8.67. The Morgan fingerprint density at radius 3 is 2.80 bits per heavy atom. The van der Waals surface area contributed by atoms with E-state index in [1.165, 1.54) is 6.07 Å². The molecule has 2 heterocycles. The zero-order chi connectivity index (χ0) is 21.6. The van der Waals surface area contributed by atoms with E-state index in [2.05, 4.69) is 10.6 Å². The van der Waals surface area contributed by atoms with E-state index in [4.69, 9.17) is 9.73 Å². The molecule has 2 saturated heterocycles. The molecule has 0 saturated carbocycles. The van der Waals surface area contributed by atoms with Gasteiger partial charge in [-0.3, -0.25) is 9.79 Å². The molecule has 2 aliphatic rings. The highest BCUT2D eigenvalue weighted by atomic mass is 19.1. The lowest BCUT2D eigenvalue weighted by atomic mass is 9.74. The number of halogens is 1. The maximum Gasteiger partial charge on any atom is 0.225 e. The summed E-state index contributed by atoms with van der Waals surface area (Å²) in [5.41, 5.74) is 0.762. The zero-order valence-electron chi connectivity index (χ0n) is 18.4. The molecule has 2 aliphatic heterocycles. The predicted octanol–water partition coefficient (Wildman–Crippen LogP) is 2.69. The molecule has 6 nitrogen and oxygen atoms in total. The maximum atomic E-state index is 13.9. The van der Waals surface area contributed by atoms with Crippen molar-refractivity contribution < 1.29 is 13.9 Å². The number of likely N-dealkylation sites (tertiary alicyclic amines) is 1. The Kier molecular flexibility index (Phi) is 7.69. The van der Waals surface area contributed by atoms with Gasteiger partial charge in [0.25, 0.3) is 0 Å². The molecule has 0 spiro atoms. The Bertz CT molecular complexity index is 746. The molecule has 1 unspecified atom stereocenters. The van der Waals surface area contributed by atoms with Gasteiger partial charge >= 0.3 is 0 Å². The molecular weight excluding hydrogens is 383 g/mol. The molecule has 166 valence electrons. The molecule has 1 amide bonds. The SMILES string of the molecule is CCNC(=NCC1(c2cccc(F)c2)CCOCC1)NC1CCN(C(=O)C(C)C)C1. The van der Waals surface area contributed by atoms with Crippen LogP contribution in [0.3, 0.4) is 0 Å². The summed E-state index contributed by atoms with van der Waals surface area (Å²) in [5.74, 6) is 0.760. The Hall–Kier alpha value is -2.15. The Morgan fingerprint density at radius 2 is 2.13 bits per heavy atom. The lowest BCUT2D eigenvalue weighted by molar-refractivity contribution is -0.133. The second kappa shape index (κ2) is 10.2. The van der Waals surface area contributed by atoms with Crippen LogP contribution >= 0.6 is 0 Å². The van der Waals surface area contributed by atoms with Gasteiger partial charge in [-0.25, -0.2) is 4.39 Å². The first-order valence-electron chi connectivity index (χ1n) is 11.1. The third-order valence-electron chi connectivity index (χ3n) is 6.11. The molecule has 3 rings (SSSR count). The van der Waals surface area contributed by atoms with Gasteiger partial charge in [0.1, 0.15) is 5.82 Å². The summed E-state index contributed by atoms with van der Waals surface area (Å²) in [7, 11) is 0. The minimum Gasteiger partial charge on any atom is -0.381 e. The van der Waals surface area contributed by atoms with Gasteiger partial charge in [-0.15, -0.1) is 0 Å². The quantitative estimate of drug-likeness (QED) is 0.551. The van der Waals surface area contributed by atoms with Gasteiger partial charge in [0.05, 0.1) is 6.54 Å². The average Bonchev–Trinajstić information content (AvgIpc) is 3.20. The van der Waals surface area contributed by atoms with Crippen molar-refractivity contribution in [2.45, 2.75) is 51.5 Å². The standard InChI is InChI=1S/C23H35FN4O2/c1-4-25-22(27-20-8-11-28(15-20)21(29)17(2)3)26-16-23(9-12-30-13-10-23)18-6-5-7-19(24)14-18/h5-7,14,17,20H,4,8-13,15-16H2,1-3H3,(H2,25,26,27). The number of guanidine groups is 1. The van der Waals surface area contributed by atoms with Crippen LogP contribution < -0.4 is 10.6 Å². The Labute approximate surface area is 179 Å². The molecule has 0 bridgehead atoms. The van der Waals surface area contributed by atoms with Crippen molar-refractivity contribution in [1.82, 2.24) is 15.5 Å². The number of aliphatic imine (C=N–C) groups is 1. The minimum absolute atomic E-state index is 0.0188. The highest BCUT2D eigenvalue weighted by molar-refractivity contribution is 5.81. The highest BCUT2D eigenvalue weighted by Gasteiger charge is 2.35. The van der Waals surface area contributed by atoms with Crippen LogP contribution in [0, 0.1) is 11.7 Å². The van der Waals surface area contributed by atoms with E-state index in [0.29, 0.717) is 26.3 Å². The number of hydrogen-bond acceptors (Lipinski definition) is 3. The number of amides is 1. The van der Waals surface area contributed by atoms with Crippen LogP contribution in [0.2, 0.25) is 0 Å². The molecule has 1 aromatic carbocycles. The minimum atomic E-state index is -0.224. The molecule has 2 fully saturated rings. The van der Waals surface area contributed by atoms with Gasteiger partial charge in [-0.2, -0.15) is 0 Å². The molecule has 0 aliphatic carbocycles. The predicted molar refractivity (Wildman–Crippen MR) is 117 cm³/mol. The number of hydrogen-bond donors (Lipinski definition) is 2. The van der Waals surface area contributed by atoms with Crippen LogP contribution in [0.5, 0.6) is 0 Å². The first kappa shape index (κ1) is 22.5. The third-order valence-corrected chi connectivity index (χ3v) is 6.11. The number of benzene rings is 1. The highest BCUT2D eigenvalue weighted by Crippen LogP contribution is 2.35. The summed E-state index contributed by atoms with van der Waals surface area (Å²) in [5, 5.41) is 6.83. The van der Waals surface area contributed by atoms with E-state index in [0.717, 1.165) is 43.9 Å². The van der Waals surface area contributed by atoms with Crippen molar-refractivity contribution >= 4 is 11.9 Å². The molecule has 30 heavy (non-hydrogen) atoms. The van der Waals surface area contributed by atoms with E-state index in [1.807, 2.05) is 31.7 Å². The largest absolute Gasteiger partial charge is 0.381 e. The Morgan fingerprint density at radius 1 is 1.37 bits per heavy atom. The van der Waals surface area contributed by atoms with Crippen molar-refractivity contribution in [1.29, 1.82) is 0 Å². The molecule has 7 heteroatoms. The van der Waals surface area contributed by atoms with Crippen LogP contribution in [-0.2, 0) is 14.9 Å².